The standard InChI is InChI=1S/C14H14F2N2O/c1-18-7-6-17-14(18)5-4-12(19)8-10-2-3-11(15)9-13(10)16/h2-3,6-7,9H,4-5,8H2,1H3. The van der Waals surface area contributed by atoms with Gasteiger partial charge in [-0.3, -0.25) is 4.79 Å². The first kappa shape index (κ1) is 13.4. The predicted octanol–water partition coefficient (Wildman–Crippen LogP) is 2.44. The number of benzene rings is 1. The van der Waals surface area contributed by atoms with Crippen LogP contribution in [0.2, 0.25) is 0 Å². The maximum absolute atomic E-state index is 13.4. The molecular weight excluding hydrogens is 250 g/mol. The molecule has 1 aromatic heterocycles. The first-order valence-corrected chi connectivity index (χ1v) is 5.98. The second-order valence-corrected chi connectivity index (χ2v) is 4.41. The van der Waals surface area contributed by atoms with Gasteiger partial charge in [0.15, 0.2) is 0 Å². The van der Waals surface area contributed by atoms with Crippen LogP contribution in [0.4, 0.5) is 8.78 Å². The minimum atomic E-state index is -0.676. The zero-order chi connectivity index (χ0) is 13.8. The second-order valence-electron chi connectivity index (χ2n) is 4.41. The molecule has 0 atom stereocenters. The molecular formula is C14H14F2N2O. The number of hydrogen-bond donors (Lipinski definition) is 0. The van der Waals surface area contributed by atoms with Gasteiger partial charge in [-0.05, 0) is 11.6 Å². The highest BCUT2D eigenvalue weighted by atomic mass is 19.1. The number of ketones is 1. The van der Waals surface area contributed by atoms with E-state index in [0.29, 0.717) is 12.8 Å². The third-order valence-corrected chi connectivity index (χ3v) is 2.95. The molecule has 0 bridgehead atoms. The fraction of sp³-hybridized carbons (Fsp3) is 0.286. The van der Waals surface area contributed by atoms with Crippen LogP contribution >= 0.6 is 0 Å². The Kier molecular flexibility index (Phi) is 4.04. The average molecular weight is 264 g/mol. The molecule has 0 radical (unpaired) electrons. The van der Waals surface area contributed by atoms with Gasteiger partial charge in [0.05, 0.1) is 0 Å². The van der Waals surface area contributed by atoms with Crippen LogP contribution in [0.15, 0.2) is 30.6 Å². The molecule has 0 aliphatic carbocycles. The number of aryl methyl sites for hydroxylation is 2. The Morgan fingerprint density at radius 3 is 2.79 bits per heavy atom. The van der Waals surface area contributed by atoms with Gasteiger partial charge in [0.2, 0.25) is 0 Å². The summed E-state index contributed by atoms with van der Waals surface area (Å²) < 4.78 is 27.9. The van der Waals surface area contributed by atoms with Gasteiger partial charge in [-0.1, -0.05) is 6.07 Å². The first-order chi connectivity index (χ1) is 9.06. The van der Waals surface area contributed by atoms with E-state index in [2.05, 4.69) is 4.98 Å². The van der Waals surface area contributed by atoms with E-state index in [1.807, 2.05) is 11.6 Å². The summed E-state index contributed by atoms with van der Waals surface area (Å²) in [7, 11) is 1.85. The summed E-state index contributed by atoms with van der Waals surface area (Å²) in [6.45, 7) is 0. The number of imidazole rings is 1. The monoisotopic (exact) mass is 264 g/mol. The van der Waals surface area contributed by atoms with E-state index in [9.17, 15) is 13.6 Å². The SMILES string of the molecule is Cn1ccnc1CCC(=O)Cc1ccc(F)cc1F. The van der Waals surface area contributed by atoms with Crippen molar-refractivity contribution in [3.8, 4) is 0 Å². The zero-order valence-electron chi connectivity index (χ0n) is 10.6. The molecule has 0 N–H and O–H groups in total. The smallest absolute Gasteiger partial charge is 0.137 e. The molecule has 0 saturated carbocycles. The zero-order valence-corrected chi connectivity index (χ0v) is 10.6. The first-order valence-electron chi connectivity index (χ1n) is 5.98. The summed E-state index contributed by atoms with van der Waals surface area (Å²) >= 11 is 0. The van der Waals surface area contributed by atoms with Crippen molar-refractivity contribution in [3.05, 3.63) is 53.6 Å². The molecule has 1 heterocycles. The number of Topliss-reactive ketones (excluding diaryl/α,β-unsaturated/α-hetero) is 1. The van der Waals surface area contributed by atoms with E-state index < -0.39 is 11.6 Å². The molecule has 100 valence electrons. The summed E-state index contributed by atoms with van der Waals surface area (Å²) in [5.41, 5.74) is 0.228. The summed E-state index contributed by atoms with van der Waals surface area (Å²) in [4.78, 5) is 15.9. The Morgan fingerprint density at radius 2 is 2.16 bits per heavy atom. The fourth-order valence-corrected chi connectivity index (χ4v) is 1.85. The molecule has 0 aliphatic rings. The lowest BCUT2D eigenvalue weighted by molar-refractivity contribution is -0.118. The van der Waals surface area contributed by atoms with Crippen molar-refractivity contribution in [1.82, 2.24) is 9.55 Å². The van der Waals surface area contributed by atoms with Crippen LogP contribution in [0.25, 0.3) is 0 Å². The van der Waals surface area contributed by atoms with Crippen molar-refractivity contribution in [2.75, 3.05) is 0 Å². The predicted molar refractivity (Wildman–Crippen MR) is 66.6 cm³/mol. The van der Waals surface area contributed by atoms with Crippen LogP contribution in [0.1, 0.15) is 17.8 Å². The summed E-state index contributed by atoms with van der Waals surface area (Å²) in [5, 5.41) is 0. The van der Waals surface area contributed by atoms with Gasteiger partial charge in [-0.2, -0.15) is 0 Å². The van der Waals surface area contributed by atoms with Gasteiger partial charge in [0, 0.05) is 44.8 Å². The normalized spacial score (nSPS) is 10.7. The lowest BCUT2D eigenvalue weighted by Gasteiger charge is -2.04. The molecule has 19 heavy (non-hydrogen) atoms. The van der Waals surface area contributed by atoms with Crippen LogP contribution in [-0.4, -0.2) is 15.3 Å². The topological polar surface area (TPSA) is 34.9 Å². The molecule has 5 heteroatoms. The van der Waals surface area contributed by atoms with Crippen LogP contribution in [0.3, 0.4) is 0 Å². The molecule has 0 saturated heterocycles. The molecule has 2 aromatic rings. The average Bonchev–Trinajstić information content (AvgIpc) is 2.76. The Bertz CT molecular complexity index is 593. The van der Waals surface area contributed by atoms with Gasteiger partial charge in [-0.25, -0.2) is 13.8 Å². The Hall–Kier alpha value is -2.04. The molecule has 0 spiro atoms. The number of carbonyl (C=O) groups is 1. The maximum Gasteiger partial charge on any atom is 0.137 e. The minimum Gasteiger partial charge on any atom is -0.338 e. The molecule has 3 nitrogen and oxygen atoms in total. The summed E-state index contributed by atoms with van der Waals surface area (Å²) in [6, 6.07) is 3.26. The van der Waals surface area contributed by atoms with Crippen LogP contribution in [0, 0.1) is 11.6 Å². The molecule has 2 rings (SSSR count). The molecule has 0 aliphatic heterocycles. The van der Waals surface area contributed by atoms with E-state index in [0.717, 1.165) is 18.0 Å². The van der Waals surface area contributed by atoms with Crippen molar-refractivity contribution < 1.29 is 13.6 Å². The van der Waals surface area contributed by atoms with Gasteiger partial charge in [-0.15, -0.1) is 0 Å². The lowest BCUT2D eigenvalue weighted by atomic mass is 10.0. The Balaban J connectivity index is 1.93. The van der Waals surface area contributed by atoms with E-state index in [4.69, 9.17) is 0 Å². The highest BCUT2D eigenvalue weighted by molar-refractivity contribution is 5.81. The number of nitrogens with zero attached hydrogens (tertiary/aromatic N) is 2. The van der Waals surface area contributed by atoms with Gasteiger partial charge in [0.25, 0.3) is 0 Å². The van der Waals surface area contributed by atoms with Crippen LogP contribution in [0.5, 0.6) is 0 Å². The van der Waals surface area contributed by atoms with Crippen molar-refractivity contribution in [2.24, 2.45) is 7.05 Å². The maximum atomic E-state index is 13.4. The summed E-state index contributed by atoms with van der Waals surface area (Å²) in [5.74, 6) is -0.589. The quantitative estimate of drug-likeness (QED) is 0.831. The number of carbonyl (C=O) groups excluding carboxylic acids is 1. The van der Waals surface area contributed by atoms with Crippen molar-refractivity contribution in [1.29, 1.82) is 0 Å². The highest BCUT2D eigenvalue weighted by Gasteiger charge is 2.10. The van der Waals surface area contributed by atoms with E-state index in [1.54, 1.807) is 12.4 Å². The molecule has 0 amide bonds. The third-order valence-electron chi connectivity index (χ3n) is 2.95. The highest BCUT2D eigenvalue weighted by Crippen LogP contribution is 2.12. The van der Waals surface area contributed by atoms with Gasteiger partial charge in [0.1, 0.15) is 23.2 Å². The van der Waals surface area contributed by atoms with Crippen LogP contribution in [-0.2, 0) is 24.7 Å². The summed E-state index contributed by atoms with van der Waals surface area (Å²) in [6.07, 6.45) is 4.27. The molecule has 0 fully saturated rings. The van der Waals surface area contributed by atoms with E-state index >= 15 is 0 Å². The fourth-order valence-electron chi connectivity index (χ4n) is 1.85. The molecule has 1 aromatic carbocycles. The van der Waals surface area contributed by atoms with E-state index in [-0.39, 0.29) is 17.8 Å². The van der Waals surface area contributed by atoms with Crippen molar-refractivity contribution in [3.63, 3.8) is 0 Å². The van der Waals surface area contributed by atoms with Crippen molar-refractivity contribution in [2.45, 2.75) is 19.3 Å². The second kappa shape index (κ2) is 5.73. The number of aromatic nitrogens is 2. The number of rotatable bonds is 5. The Morgan fingerprint density at radius 1 is 1.37 bits per heavy atom. The van der Waals surface area contributed by atoms with E-state index in [1.165, 1.54) is 6.07 Å². The Labute approximate surface area is 109 Å². The minimum absolute atomic E-state index is 0.0173. The number of hydrogen-bond acceptors (Lipinski definition) is 2. The third kappa shape index (κ3) is 3.47. The van der Waals surface area contributed by atoms with Crippen LogP contribution < -0.4 is 0 Å². The van der Waals surface area contributed by atoms with Crippen molar-refractivity contribution >= 4 is 5.78 Å². The molecule has 0 unspecified atom stereocenters. The lowest BCUT2D eigenvalue weighted by Crippen LogP contribution is -2.08. The largest absolute Gasteiger partial charge is 0.338 e. The van der Waals surface area contributed by atoms with Gasteiger partial charge < -0.3 is 4.57 Å². The van der Waals surface area contributed by atoms with Gasteiger partial charge >= 0.3 is 0 Å². The number of halogens is 2.